The Balaban J connectivity index is 1.56. The molecule has 0 aliphatic heterocycles. The lowest BCUT2D eigenvalue weighted by molar-refractivity contribution is -0.0602. The monoisotopic (exact) mass is 323 g/mol. The summed E-state index contributed by atoms with van der Waals surface area (Å²) in [6.07, 6.45) is 10.9. The Morgan fingerprint density at radius 1 is 1.24 bits per heavy atom. The van der Waals surface area contributed by atoms with E-state index in [9.17, 15) is 0 Å². The van der Waals surface area contributed by atoms with Crippen LogP contribution < -0.4 is 11.1 Å². The number of nitrogens with one attached hydrogen (secondary N) is 1. The summed E-state index contributed by atoms with van der Waals surface area (Å²) < 4.78 is 4.32. The Labute approximate surface area is 135 Å². The van der Waals surface area contributed by atoms with E-state index in [1.165, 1.54) is 55.1 Å². The first kappa shape index (κ1) is 14.2. The van der Waals surface area contributed by atoms with Gasteiger partial charge in [-0.05, 0) is 86.4 Å². The molecule has 1 aromatic heterocycles. The van der Waals surface area contributed by atoms with Crippen molar-refractivity contribution in [2.75, 3.05) is 17.3 Å². The van der Waals surface area contributed by atoms with Crippen molar-refractivity contribution in [2.45, 2.75) is 56.4 Å². The number of hydrogen-bond acceptors (Lipinski definition) is 5. The molecule has 4 saturated carbocycles. The second-order valence-corrected chi connectivity index (χ2v) is 9.17. The largest absolute Gasteiger partial charge is 0.382 e. The highest BCUT2D eigenvalue weighted by Gasteiger charge is 2.53. The Morgan fingerprint density at radius 2 is 1.81 bits per heavy atom. The highest BCUT2D eigenvalue weighted by molar-refractivity contribution is 7.99. The molecule has 0 aromatic carbocycles. The quantitative estimate of drug-likeness (QED) is 0.803. The second-order valence-electron chi connectivity index (χ2n) is 7.58. The maximum atomic E-state index is 5.97. The average Bonchev–Trinajstić information content (AvgIpc) is 2.77. The lowest BCUT2D eigenvalue weighted by Crippen LogP contribution is -2.52. The van der Waals surface area contributed by atoms with Gasteiger partial charge in [0.05, 0.1) is 4.90 Å². The number of aromatic nitrogens is 1. The van der Waals surface area contributed by atoms with Crippen LogP contribution in [0.15, 0.2) is 4.90 Å². The molecule has 21 heavy (non-hydrogen) atoms. The molecule has 5 rings (SSSR count). The van der Waals surface area contributed by atoms with Crippen LogP contribution in [0.1, 0.15) is 45.4 Å². The summed E-state index contributed by atoms with van der Waals surface area (Å²) in [5, 5.41) is 4.98. The average molecular weight is 324 g/mol. The van der Waals surface area contributed by atoms with E-state index in [-0.39, 0.29) is 0 Å². The predicted molar refractivity (Wildman–Crippen MR) is 92.0 cm³/mol. The van der Waals surface area contributed by atoms with Crippen LogP contribution in [0.2, 0.25) is 0 Å². The minimum atomic E-state index is 0.531. The lowest BCUT2D eigenvalue weighted by atomic mass is 9.48. The molecule has 4 aliphatic rings. The van der Waals surface area contributed by atoms with Crippen molar-refractivity contribution in [1.29, 1.82) is 0 Å². The fraction of sp³-hybridized carbons (Fsp3) is 0.812. The summed E-state index contributed by atoms with van der Waals surface area (Å²) in [5.74, 6) is 3.71. The minimum absolute atomic E-state index is 0.531. The number of nitrogens with two attached hydrogens (primary N) is 1. The highest BCUT2D eigenvalue weighted by atomic mass is 32.2. The van der Waals surface area contributed by atoms with Crippen LogP contribution in [-0.2, 0) is 0 Å². The SMILES string of the molecule is CSc1c(N)nsc1NC(C)C12CC3CC(CC(C3)C1)C2. The van der Waals surface area contributed by atoms with E-state index in [2.05, 4.69) is 22.9 Å². The summed E-state index contributed by atoms with van der Waals surface area (Å²) in [6.45, 7) is 2.40. The van der Waals surface area contributed by atoms with Gasteiger partial charge in [-0.1, -0.05) is 0 Å². The van der Waals surface area contributed by atoms with Crippen LogP contribution in [0, 0.1) is 23.2 Å². The molecule has 1 unspecified atom stereocenters. The summed E-state index contributed by atoms with van der Waals surface area (Å²) >= 11 is 3.23. The number of hydrogen-bond donors (Lipinski definition) is 2. The van der Waals surface area contributed by atoms with Crippen LogP contribution in [0.4, 0.5) is 10.8 Å². The molecule has 1 heterocycles. The maximum absolute atomic E-state index is 5.97. The van der Waals surface area contributed by atoms with Gasteiger partial charge in [-0.3, -0.25) is 0 Å². The number of nitrogen functional groups attached to an aromatic ring is 1. The molecule has 1 aromatic rings. The van der Waals surface area contributed by atoms with E-state index in [1.54, 1.807) is 11.8 Å². The number of thioether (sulfide) groups is 1. The van der Waals surface area contributed by atoms with Crippen molar-refractivity contribution < 1.29 is 0 Å². The van der Waals surface area contributed by atoms with Gasteiger partial charge in [-0.2, -0.15) is 4.37 Å². The fourth-order valence-corrected chi connectivity index (χ4v) is 7.26. The van der Waals surface area contributed by atoms with Gasteiger partial charge >= 0.3 is 0 Å². The van der Waals surface area contributed by atoms with E-state index >= 15 is 0 Å². The first-order valence-electron chi connectivity index (χ1n) is 8.15. The normalized spacial score (nSPS) is 38.7. The van der Waals surface area contributed by atoms with Crippen LogP contribution in [0.25, 0.3) is 0 Å². The van der Waals surface area contributed by atoms with Crippen molar-refractivity contribution in [3.05, 3.63) is 0 Å². The summed E-state index contributed by atoms with van der Waals surface area (Å²) in [4.78, 5) is 1.14. The molecule has 0 spiro atoms. The maximum Gasteiger partial charge on any atom is 0.153 e. The third-order valence-electron chi connectivity index (χ3n) is 6.23. The molecule has 4 fully saturated rings. The third-order valence-corrected chi connectivity index (χ3v) is 7.97. The molecule has 0 amide bonds. The molecule has 1 atom stereocenters. The van der Waals surface area contributed by atoms with Crippen LogP contribution >= 0.6 is 23.3 Å². The first-order valence-corrected chi connectivity index (χ1v) is 10.1. The van der Waals surface area contributed by atoms with Gasteiger partial charge in [-0.15, -0.1) is 11.8 Å². The molecule has 4 aliphatic carbocycles. The first-order chi connectivity index (χ1) is 10.1. The van der Waals surface area contributed by atoms with Crippen LogP contribution in [0.5, 0.6) is 0 Å². The number of nitrogens with zero attached hydrogens (tertiary/aromatic N) is 1. The highest BCUT2D eigenvalue weighted by Crippen LogP contribution is 2.61. The lowest BCUT2D eigenvalue weighted by Gasteiger charge is -2.59. The molecule has 0 saturated heterocycles. The van der Waals surface area contributed by atoms with Crippen molar-refractivity contribution >= 4 is 34.1 Å². The van der Waals surface area contributed by atoms with Crippen molar-refractivity contribution in [3.8, 4) is 0 Å². The van der Waals surface area contributed by atoms with E-state index in [4.69, 9.17) is 5.73 Å². The summed E-state index contributed by atoms with van der Waals surface area (Å²) in [5.41, 5.74) is 6.50. The zero-order valence-corrected chi connectivity index (χ0v) is 14.5. The van der Waals surface area contributed by atoms with Gasteiger partial charge in [0.25, 0.3) is 0 Å². The van der Waals surface area contributed by atoms with E-state index < -0.39 is 0 Å². The minimum Gasteiger partial charge on any atom is -0.382 e. The molecular formula is C16H25N3S2. The van der Waals surface area contributed by atoms with Gasteiger partial charge in [0.15, 0.2) is 5.82 Å². The van der Waals surface area contributed by atoms with Crippen LogP contribution in [-0.4, -0.2) is 16.7 Å². The Morgan fingerprint density at radius 3 is 2.33 bits per heavy atom. The molecule has 3 N–H and O–H groups in total. The molecule has 0 radical (unpaired) electrons. The summed E-state index contributed by atoms with van der Waals surface area (Å²) in [7, 11) is 0. The second kappa shape index (κ2) is 5.05. The van der Waals surface area contributed by atoms with E-state index in [0.717, 1.165) is 22.6 Å². The zero-order valence-electron chi connectivity index (χ0n) is 12.9. The topological polar surface area (TPSA) is 50.9 Å². The number of anilines is 2. The smallest absolute Gasteiger partial charge is 0.153 e. The molecule has 116 valence electrons. The summed E-state index contributed by atoms with van der Waals surface area (Å²) in [6, 6.07) is 0.539. The Bertz CT molecular complexity index is 504. The fourth-order valence-electron chi connectivity index (χ4n) is 5.64. The van der Waals surface area contributed by atoms with Crippen LogP contribution in [0.3, 0.4) is 0 Å². The van der Waals surface area contributed by atoms with E-state index in [1.807, 2.05) is 0 Å². The van der Waals surface area contributed by atoms with Gasteiger partial charge < -0.3 is 11.1 Å². The molecule has 5 heteroatoms. The van der Waals surface area contributed by atoms with Gasteiger partial charge in [0, 0.05) is 6.04 Å². The molecule has 3 nitrogen and oxygen atoms in total. The van der Waals surface area contributed by atoms with Gasteiger partial charge in [-0.25, -0.2) is 0 Å². The van der Waals surface area contributed by atoms with Gasteiger partial charge in [0.2, 0.25) is 0 Å². The molecule has 4 bridgehead atoms. The van der Waals surface area contributed by atoms with Crippen molar-refractivity contribution in [2.24, 2.45) is 23.2 Å². The van der Waals surface area contributed by atoms with E-state index in [0.29, 0.717) is 17.3 Å². The number of rotatable bonds is 4. The zero-order chi connectivity index (χ0) is 14.6. The van der Waals surface area contributed by atoms with Gasteiger partial charge in [0.1, 0.15) is 5.00 Å². The molecular weight excluding hydrogens is 298 g/mol. The predicted octanol–water partition coefficient (Wildman–Crippen LogP) is 4.46. The Kier molecular flexibility index (Phi) is 3.41. The van der Waals surface area contributed by atoms with Crippen molar-refractivity contribution in [3.63, 3.8) is 0 Å². The van der Waals surface area contributed by atoms with Crippen molar-refractivity contribution in [1.82, 2.24) is 4.37 Å². The Hall–Kier alpha value is -0.420. The third kappa shape index (κ3) is 2.27. The standard InChI is InChI=1S/C16H25N3S2/c1-9(18-15-13(20-2)14(17)19-21-15)16-6-10-3-11(7-16)5-12(4-10)8-16/h9-12,18H,3-8H2,1-2H3,(H2,17,19).